The highest BCUT2D eigenvalue weighted by Gasteiger charge is 2.38. The Labute approximate surface area is 94.7 Å². The molecule has 90 valence electrons. The molecule has 2 nitrogen and oxygen atoms in total. The van der Waals surface area contributed by atoms with Gasteiger partial charge in [0.2, 0.25) is 0 Å². The zero-order valence-corrected chi connectivity index (χ0v) is 10.8. The number of aliphatic hydroxyl groups excluding tert-OH is 1. The smallest absolute Gasteiger partial charge is 0.0723 e. The second kappa shape index (κ2) is 5.31. The molecule has 0 saturated heterocycles. The molecule has 0 amide bonds. The topological polar surface area (TPSA) is 23.5 Å². The van der Waals surface area contributed by atoms with Crippen molar-refractivity contribution in [2.75, 3.05) is 13.1 Å². The van der Waals surface area contributed by atoms with Crippen LogP contribution in [-0.2, 0) is 0 Å². The van der Waals surface area contributed by atoms with Gasteiger partial charge in [0, 0.05) is 5.54 Å². The number of nitrogens with zero attached hydrogens (tertiary/aromatic N) is 1. The van der Waals surface area contributed by atoms with Crippen LogP contribution in [0.5, 0.6) is 0 Å². The summed E-state index contributed by atoms with van der Waals surface area (Å²) in [6, 6.07) is 0. The maximum atomic E-state index is 10.4. The highest BCUT2D eigenvalue weighted by Crippen LogP contribution is 2.37. The first kappa shape index (κ1) is 13.0. The van der Waals surface area contributed by atoms with Crippen LogP contribution in [0.25, 0.3) is 0 Å². The molecule has 1 fully saturated rings. The normalized spacial score (nSPS) is 22.8. The van der Waals surface area contributed by atoms with Crippen LogP contribution in [-0.4, -0.2) is 34.7 Å². The third kappa shape index (κ3) is 2.94. The van der Waals surface area contributed by atoms with Gasteiger partial charge in [-0.05, 0) is 38.8 Å². The van der Waals surface area contributed by atoms with Crippen molar-refractivity contribution in [1.29, 1.82) is 0 Å². The Hall–Kier alpha value is -0.0800. The minimum Gasteiger partial charge on any atom is -0.391 e. The first-order valence-electron chi connectivity index (χ1n) is 6.51. The van der Waals surface area contributed by atoms with E-state index in [2.05, 4.69) is 32.6 Å². The maximum Gasteiger partial charge on any atom is 0.0723 e. The molecular formula is C13H27NO. The molecule has 0 aromatic carbocycles. The Morgan fingerprint density at radius 1 is 1.27 bits per heavy atom. The van der Waals surface area contributed by atoms with Crippen molar-refractivity contribution < 1.29 is 5.11 Å². The molecule has 1 saturated carbocycles. The molecule has 2 heteroatoms. The second-order valence-electron chi connectivity index (χ2n) is 5.08. The average molecular weight is 213 g/mol. The molecule has 0 spiro atoms. The monoisotopic (exact) mass is 213 g/mol. The van der Waals surface area contributed by atoms with Crippen molar-refractivity contribution in [2.45, 2.75) is 65.0 Å². The zero-order chi connectivity index (χ0) is 11.5. The van der Waals surface area contributed by atoms with Gasteiger partial charge in [0.15, 0.2) is 0 Å². The highest BCUT2D eigenvalue weighted by molar-refractivity contribution is 4.94. The summed E-state index contributed by atoms with van der Waals surface area (Å²) >= 11 is 0. The number of rotatable bonds is 7. The van der Waals surface area contributed by atoms with Crippen LogP contribution >= 0.6 is 0 Å². The van der Waals surface area contributed by atoms with E-state index in [-0.39, 0.29) is 11.6 Å². The summed E-state index contributed by atoms with van der Waals surface area (Å²) in [6.07, 6.45) is 4.53. The lowest BCUT2D eigenvalue weighted by Gasteiger charge is -2.43. The van der Waals surface area contributed by atoms with Gasteiger partial charge in [-0.15, -0.1) is 0 Å². The first-order valence-corrected chi connectivity index (χ1v) is 6.51. The van der Waals surface area contributed by atoms with E-state index in [9.17, 15) is 5.11 Å². The van der Waals surface area contributed by atoms with Crippen LogP contribution < -0.4 is 0 Å². The molecule has 0 aromatic heterocycles. The van der Waals surface area contributed by atoms with Crippen molar-refractivity contribution >= 4 is 0 Å². The van der Waals surface area contributed by atoms with Gasteiger partial charge in [0.1, 0.15) is 0 Å². The average Bonchev–Trinajstić information content (AvgIpc) is 3.02. The molecule has 15 heavy (non-hydrogen) atoms. The summed E-state index contributed by atoms with van der Waals surface area (Å²) in [6.45, 7) is 10.8. The van der Waals surface area contributed by atoms with Crippen LogP contribution in [0.1, 0.15) is 53.4 Å². The van der Waals surface area contributed by atoms with E-state index >= 15 is 0 Å². The van der Waals surface area contributed by atoms with Crippen LogP contribution in [0.15, 0.2) is 0 Å². The maximum absolute atomic E-state index is 10.4. The lowest BCUT2D eigenvalue weighted by Crippen LogP contribution is -2.54. The fraction of sp³-hybridized carbons (Fsp3) is 1.00. The fourth-order valence-corrected chi connectivity index (χ4v) is 2.54. The van der Waals surface area contributed by atoms with Gasteiger partial charge in [-0.25, -0.2) is 0 Å². The van der Waals surface area contributed by atoms with Crippen molar-refractivity contribution in [1.82, 2.24) is 4.90 Å². The summed E-state index contributed by atoms with van der Waals surface area (Å²) in [5.41, 5.74) is -0.0217. The third-order valence-electron chi connectivity index (χ3n) is 4.17. The summed E-state index contributed by atoms with van der Waals surface area (Å²) in [5, 5.41) is 10.4. The van der Waals surface area contributed by atoms with Gasteiger partial charge in [-0.3, -0.25) is 4.90 Å². The number of hydrogen-bond acceptors (Lipinski definition) is 2. The molecular weight excluding hydrogens is 186 g/mol. The molecule has 2 atom stereocenters. The summed E-state index contributed by atoms with van der Waals surface area (Å²) in [7, 11) is 0. The second-order valence-corrected chi connectivity index (χ2v) is 5.08. The third-order valence-corrected chi connectivity index (χ3v) is 4.17. The SMILES string of the molecule is CCN(CC)C(C)(CC)C(O)CC1CC1. The van der Waals surface area contributed by atoms with Crippen LogP contribution in [0.2, 0.25) is 0 Å². The number of aliphatic hydroxyl groups is 1. The lowest BCUT2D eigenvalue weighted by molar-refractivity contribution is -0.0263. The summed E-state index contributed by atoms with van der Waals surface area (Å²) in [5.74, 6) is 0.807. The highest BCUT2D eigenvalue weighted by atomic mass is 16.3. The quantitative estimate of drug-likeness (QED) is 0.703. The summed E-state index contributed by atoms with van der Waals surface area (Å²) < 4.78 is 0. The van der Waals surface area contributed by atoms with Crippen LogP contribution in [0.4, 0.5) is 0 Å². The molecule has 1 aliphatic carbocycles. The largest absolute Gasteiger partial charge is 0.391 e. The molecule has 1 N–H and O–H groups in total. The molecule has 0 heterocycles. The lowest BCUT2D eigenvalue weighted by atomic mass is 9.86. The van der Waals surface area contributed by atoms with Crippen LogP contribution in [0.3, 0.4) is 0 Å². The Bertz CT molecular complexity index is 187. The molecule has 2 unspecified atom stereocenters. The van der Waals surface area contributed by atoms with Crippen molar-refractivity contribution in [3.63, 3.8) is 0 Å². The number of likely N-dealkylation sites (N-methyl/N-ethyl adjacent to an activating group) is 1. The molecule has 1 aliphatic rings. The zero-order valence-electron chi connectivity index (χ0n) is 10.8. The molecule has 0 bridgehead atoms. The van der Waals surface area contributed by atoms with E-state index in [0.717, 1.165) is 31.8 Å². The predicted octanol–water partition coefficient (Wildman–Crippen LogP) is 2.66. The van der Waals surface area contributed by atoms with E-state index in [1.807, 2.05) is 0 Å². The van der Waals surface area contributed by atoms with Crippen molar-refractivity contribution in [3.05, 3.63) is 0 Å². The Morgan fingerprint density at radius 3 is 2.13 bits per heavy atom. The van der Waals surface area contributed by atoms with Gasteiger partial charge in [-0.1, -0.05) is 33.6 Å². The molecule has 1 rings (SSSR count). The Morgan fingerprint density at radius 2 is 1.80 bits per heavy atom. The molecule has 0 aliphatic heterocycles. The van der Waals surface area contributed by atoms with E-state index in [4.69, 9.17) is 0 Å². The first-order chi connectivity index (χ1) is 7.08. The Kier molecular flexibility index (Phi) is 4.60. The van der Waals surface area contributed by atoms with E-state index in [1.165, 1.54) is 12.8 Å². The minimum absolute atomic E-state index is 0.0217. The Balaban J connectivity index is 2.61. The van der Waals surface area contributed by atoms with E-state index < -0.39 is 0 Å². The fourth-order valence-electron chi connectivity index (χ4n) is 2.54. The van der Waals surface area contributed by atoms with Crippen molar-refractivity contribution in [2.24, 2.45) is 5.92 Å². The van der Waals surface area contributed by atoms with E-state index in [1.54, 1.807) is 0 Å². The van der Waals surface area contributed by atoms with Gasteiger partial charge >= 0.3 is 0 Å². The van der Waals surface area contributed by atoms with Crippen LogP contribution in [0, 0.1) is 5.92 Å². The number of hydrogen-bond donors (Lipinski definition) is 1. The van der Waals surface area contributed by atoms with Gasteiger partial charge < -0.3 is 5.11 Å². The molecule has 0 aromatic rings. The van der Waals surface area contributed by atoms with Gasteiger partial charge in [-0.2, -0.15) is 0 Å². The van der Waals surface area contributed by atoms with Gasteiger partial charge in [0.05, 0.1) is 6.10 Å². The van der Waals surface area contributed by atoms with Gasteiger partial charge in [0.25, 0.3) is 0 Å². The standard InChI is InChI=1S/C13H27NO/c1-5-13(4,14(6-2)7-3)12(15)10-11-8-9-11/h11-12,15H,5-10H2,1-4H3. The molecule has 0 radical (unpaired) electrons. The van der Waals surface area contributed by atoms with E-state index in [0.29, 0.717) is 0 Å². The predicted molar refractivity (Wildman–Crippen MR) is 65.0 cm³/mol. The summed E-state index contributed by atoms with van der Waals surface area (Å²) in [4.78, 5) is 2.40. The van der Waals surface area contributed by atoms with Crippen molar-refractivity contribution in [3.8, 4) is 0 Å². The minimum atomic E-state index is -0.158.